The molecule has 0 spiro atoms. The zero-order chi connectivity index (χ0) is 13.2. The summed E-state index contributed by atoms with van der Waals surface area (Å²) in [6.45, 7) is 4.41. The van der Waals surface area contributed by atoms with E-state index in [-0.39, 0.29) is 20.1 Å². The van der Waals surface area contributed by atoms with Crippen LogP contribution in [0.25, 0.3) is 22.2 Å². The molecule has 1 heterocycles. The Labute approximate surface area is 133 Å². The van der Waals surface area contributed by atoms with E-state index < -0.39 is 0 Å². The SMILES string of the molecule is CC(C)c1cc2ccccc2nc1-c1[c-]cccc1.[Ir]. The Morgan fingerprint density at radius 3 is 2.45 bits per heavy atom. The van der Waals surface area contributed by atoms with Crippen LogP contribution >= 0.6 is 0 Å². The maximum atomic E-state index is 4.84. The summed E-state index contributed by atoms with van der Waals surface area (Å²) < 4.78 is 0. The van der Waals surface area contributed by atoms with Gasteiger partial charge in [0, 0.05) is 20.1 Å². The molecule has 0 saturated heterocycles. The molecule has 20 heavy (non-hydrogen) atoms. The largest absolute Gasteiger partial charge is 0.296 e. The van der Waals surface area contributed by atoms with Gasteiger partial charge in [-0.05, 0) is 23.1 Å². The summed E-state index contributed by atoms with van der Waals surface area (Å²) in [6.07, 6.45) is 0. The van der Waals surface area contributed by atoms with Crippen molar-refractivity contribution in [1.29, 1.82) is 0 Å². The normalized spacial score (nSPS) is 10.6. The van der Waals surface area contributed by atoms with Gasteiger partial charge in [0.2, 0.25) is 0 Å². The second-order valence-electron chi connectivity index (χ2n) is 5.05. The van der Waals surface area contributed by atoms with Crippen molar-refractivity contribution in [1.82, 2.24) is 4.98 Å². The summed E-state index contributed by atoms with van der Waals surface area (Å²) in [4.78, 5) is 4.84. The quantitative estimate of drug-likeness (QED) is 0.523. The second-order valence-corrected chi connectivity index (χ2v) is 5.05. The predicted molar refractivity (Wildman–Crippen MR) is 80.1 cm³/mol. The molecular weight excluding hydrogens is 422 g/mol. The van der Waals surface area contributed by atoms with Gasteiger partial charge in [-0.15, -0.1) is 35.9 Å². The second kappa shape index (κ2) is 6.30. The van der Waals surface area contributed by atoms with E-state index in [1.54, 1.807) is 0 Å². The van der Waals surface area contributed by atoms with Crippen LogP contribution in [0, 0.1) is 6.07 Å². The number of fused-ring (bicyclic) bond motifs is 1. The standard InChI is InChI=1S/C18H16N.Ir/c1-13(2)16-12-15-10-6-7-11-17(15)19-18(16)14-8-4-3-5-9-14;/h3-8,10-13H,1-2H3;/q-1;. The van der Waals surface area contributed by atoms with Crippen molar-refractivity contribution < 1.29 is 20.1 Å². The number of hydrogen-bond donors (Lipinski definition) is 0. The van der Waals surface area contributed by atoms with E-state index in [4.69, 9.17) is 4.98 Å². The predicted octanol–water partition coefficient (Wildman–Crippen LogP) is 4.82. The first kappa shape index (κ1) is 14.9. The average molecular weight is 439 g/mol. The molecule has 0 aliphatic heterocycles. The van der Waals surface area contributed by atoms with Crippen LogP contribution in [0.2, 0.25) is 0 Å². The van der Waals surface area contributed by atoms with E-state index >= 15 is 0 Å². The van der Waals surface area contributed by atoms with Crippen LogP contribution in [-0.4, -0.2) is 4.98 Å². The Bertz CT molecular complexity index is 705. The molecule has 0 aliphatic carbocycles. The van der Waals surface area contributed by atoms with E-state index in [1.165, 1.54) is 10.9 Å². The Morgan fingerprint density at radius 1 is 1.00 bits per heavy atom. The van der Waals surface area contributed by atoms with Gasteiger partial charge in [-0.1, -0.05) is 43.7 Å². The van der Waals surface area contributed by atoms with Crippen LogP contribution in [0.1, 0.15) is 25.3 Å². The molecule has 103 valence electrons. The third kappa shape index (κ3) is 2.82. The number of nitrogens with zero attached hydrogens (tertiary/aromatic N) is 1. The van der Waals surface area contributed by atoms with Gasteiger partial charge in [-0.25, -0.2) is 0 Å². The first-order chi connectivity index (χ1) is 9.25. The van der Waals surface area contributed by atoms with Crippen LogP contribution in [0.15, 0.2) is 54.6 Å². The molecule has 3 aromatic rings. The monoisotopic (exact) mass is 439 g/mol. The van der Waals surface area contributed by atoms with Crippen molar-refractivity contribution in [3.63, 3.8) is 0 Å². The molecule has 0 bridgehead atoms. The third-order valence-corrected chi connectivity index (χ3v) is 3.34. The van der Waals surface area contributed by atoms with Crippen molar-refractivity contribution in [2.45, 2.75) is 19.8 Å². The van der Waals surface area contributed by atoms with Crippen LogP contribution in [0.5, 0.6) is 0 Å². The molecule has 3 rings (SSSR count). The summed E-state index contributed by atoms with van der Waals surface area (Å²) in [5.74, 6) is 0.445. The number of para-hydroxylation sites is 1. The number of aromatic nitrogens is 1. The summed E-state index contributed by atoms with van der Waals surface area (Å²) in [5, 5.41) is 1.20. The van der Waals surface area contributed by atoms with E-state index in [0.717, 1.165) is 16.8 Å². The minimum absolute atomic E-state index is 0. The topological polar surface area (TPSA) is 12.9 Å². The smallest absolute Gasteiger partial charge is 0.0595 e. The fraction of sp³-hybridized carbons (Fsp3) is 0.167. The van der Waals surface area contributed by atoms with Crippen LogP contribution < -0.4 is 0 Å². The summed E-state index contributed by atoms with van der Waals surface area (Å²) in [6, 6.07) is 21.8. The Kier molecular flexibility index (Phi) is 4.69. The Hall–Kier alpha value is -1.50. The third-order valence-electron chi connectivity index (χ3n) is 3.34. The average Bonchev–Trinajstić information content (AvgIpc) is 2.46. The zero-order valence-electron chi connectivity index (χ0n) is 11.6. The van der Waals surface area contributed by atoms with Gasteiger partial charge in [0.1, 0.15) is 0 Å². The molecule has 1 aromatic heterocycles. The molecule has 2 heteroatoms. The Balaban J connectivity index is 0.00000147. The fourth-order valence-electron chi connectivity index (χ4n) is 2.33. The van der Waals surface area contributed by atoms with Crippen molar-refractivity contribution in [2.75, 3.05) is 0 Å². The first-order valence-corrected chi connectivity index (χ1v) is 6.62. The molecular formula is C18H16IrN-. The molecule has 0 amide bonds. The van der Waals surface area contributed by atoms with E-state index in [1.807, 2.05) is 24.3 Å². The first-order valence-electron chi connectivity index (χ1n) is 6.62. The van der Waals surface area contributed by atoms with Gasteiger partial charge in [0.05, 0.1) is 5.52 Å². The van der Waals surface area contributed by atoms with Gasteiger partial charge in [-0.3, -0.25) is 4.98 Å². The maximum absolute atomic E-state index is 4.84. The number of pyridine rings is 1. The molecule has 2 aromatic carbocycles. The van der Waals surface area contributed by atoms with Gasteiger partial charge in [0.15, 0.2) is 0 Å². The summed E-state index contributed by atoms with van der Waals surface area (Å²) >= 11 is 0. The van der Waals surface area contributed by atoms with Crippen molar-refractivity contribution >= 4 is 10.9 Å². The molecule has 0 saturated carbocycles. The van der Waals surface area contributed by atoms with Crippen molar-refractivity contribution in [3.8, 4) is 11.3 Å². The molecule has 0 fully saturated rings. The minimum atomic E-state index is 0. The molecule has 1 radical (unpaired) electrons. The van der Waals surface area contributed by atoms with Crippen LogP contribution in [0.4, 0.5) is 0 Å². The minimum Gasteiger partial charge on any atom is -0.296 e. The number of benzene rings is 2. The Morgan fingerprint density at radius 2 is 1.75 bits per heavy atom. The van der Waals surface area contributed by atoms with Crippen LogP contribution in [-0.2, 0) is 20.1 Å². The molecule has 0 unspecified atom stereocenters. The maximum Gasteiger partial charge on any atom is 0.0595 e. The van der Waals surface area contributed by atoms with Crippen LogP contribution in [0.3, 0.4) is 0 Å². The number of rotatable bonds is 2. The van der Waals surface area contributed by atoms with Gasteiger partial charge in [0.25, 0.3) is 0 Å². The number of hydrogen-bond acceptors (Lipinski definition) is 1. The van der Waals surface area contributed by atoms with Crippen molar-refractivity contribution in [3.05, 3.63) is 66.2 Å². The molecule has 1 nitrogen and oxygen atoms in total. The van der Waals surface area contributed by atoms with Gasteiger partial charge in [-0.2, -0.15) is 0 Å². The zero-order valence-corrected chi connectivity index (χ0v) is 13.9. The van der Waals surface area contributed by atoms with E-state index in [9.17, 15) is 0 Å². The summed E-state index contributed by atoms with van der Waals surface area (Å²) in [7, 11) is 0. The molecule has 0 aliphatic rings. The summed E-state index contributed by atoms with van der Waals surface area (Å²) in [5.41, 5.74) is 4.44. The fourth-order valence-corrected chi connectivity index (χ4v) is 2.33. The van der Waals surface area contributed by atoms with Crippen molar-refractivity contribution in [2.24, 2.45) is 0 Å². The van der Waals surface area contributed by atoms with E-state index in [2.05, 4.69) is 50.2 Å². The van der Waals surface area contributed by atoms with Gasteiger partial charge < -0.3 is 0 Å². The van der Waals surface area contributed by atoms with Gasteiger partial charge >= 0.3 is 0 Å². The molecule has 0 N–H and O–H groups in total. The van der Waals surface area contributed by atoms with E-state index in [0.29, 0.717) is 5.92 Å². The molecule has 0 atom stereocenters.